The Morgan fingerprint density at radius 1 is 1.56 bits per heavy atom. The summed E-state index contributed by atoms with van der Waals surface area (Å²) in [4.78, 5) is 4.22. The molecular formula is C11H14N4S. The molecule has 4 nitrogen and oxygen atoms in total. The van der Waals surface area contributed by atoms with E-state index in [9.17, 15) is 0 Å². The van der Waals surface area contributed by atoms with Gasteiger partial charge in [0, 0.05) is 29.9 Å². The van der Waals surface area contributed by atoms with Crippen LogP contribution in [0.4, 0.5) is 5.82 Å². The van der Waals surface area contributed by atoms with Crippen LogP contribution in [-0.2, 0) is 0 Å². The Labute approximate surface area is 98.3 Å². The van der Waals surface area contributed by atoms with Crippen molar-refractivity contribution in [3.8, 4) is 5.13 Å². The Hall–Kier alpha value is -1.36. The molecule has 1 saturated carbocycles. The first-order chi connectivity index (χ1) is 7.83. The summed E-state index contributed by atoms with van der Waals surface area (Å²) < 4.78 is 1.81. The van der Waals surface area contributed by atoms with E-state index in [1.807, 2.05) is 22.3 Å². The lowest BCUT2D eigenvalue weighted by Crippen LogP contribution is -2.17. The molecule has 0 aliphatic heterocycles. The lowest BCUT2D eigenvalue weighted by molar-refractivity contribution is 0.687. The third-order valence-corrected chi connectivity index (χ3v) is 3.67. The molecule has 16 heavy (non-hydrogen) atoms. The number of nitrogens with zero attached hydrogens (tertiary/aromatic N) is 3. The van der Waals surface area contributed by atoms with Gasteiger partial charge in [-0.05, 0) is 25.7 Å². The van der Waals surface area contributed by atoms with Crippen molar-refractivity contribution in [1.29, 1.82) is 0 Å². The summed E-state index contributed by atoms with van der Waals surface area (Å²) in [6, 6.07) is 2.53. The first-order valence-electron chi connectivity index (χ1n) is 5.55. The topological polar surface area (TPSA) is 42.7 Å². The maximum absolute atomic E-state index is 4.46. The number of aromatic nitrogens is 3. The Balaban J connectivity index is 1.72. The van der Waals surface area contributed by atoms with Crippen molar-refractivity contribution in [1.82, 2.24) is 14.8 Å². The van der Waals surface area contributed by atoms with Crippen LogP contribution in [0.25, 0.3) is 5.13 Å². The van der Waals surface area contributed by atoms with Crippen LogP contribution in [0.1, 0.15) is 19.8 Å². The predicted molar refractivity (Wildman–Crippen MR) is 65.0 cm³/mol. The van der Waals surface area contributed by atoms with E-state index in [1.54, 1.807) is 17.5 Å². The first kappa shape index (κ1) is 9.84. The van der Waals surface area contributed by atoms with Gasteiger partial charge in [0.25, 0.3) is 0 Å². The van der Waals surface area contributed by atoms with Crippen molar-refractivity contribution in [2.45, 2.75) is 25.8 Å². The minimum Gasteiger partial charge on any atom is -0.366 e. The molecule has 1 fully saturated rings. The van der Waals surface area contributed by atoms with Gasteiger partial charge in [-0.15, -0.1) is 16.4 Å². The van der Waals surface area contributed by atoms with E-state index in [2.05, 4.69) is 22.3 Å². The highest BCUT2D eigenvalue weighted by molar-refractivity contribution is 7.12. The molecule has 2 aromatic heterocycles. The van der Waals surface area contributed by atoms with Gasteiger partial charge in [-0.25, -0.2) is 9.67 Å². The van der Waals surface area contributed by atoms with Crippen LogP contribution >= 0.6 is 11.3 Å². The van der Waals surface area contributed by atoms with E-state index < -0.39 is 0 Å². The van der Waals surface area contributed by atoms with Crippen LogP contribution in [0, 0.1) is 5.92 Å². The lowest BCUT2D eigenvalue weighted by Gasteiger charge is -2.10. The van der Waals surface area contributed by atoms with Crippen LogP contribution in [0.2, 0.25) is 0 Å². The highest BCUT2D eigenvalue weighted by Crippen LogP contribution is 2.33. The molecule has 1 N–H and O–H groups in total. The zero-order chi connectivity index (χ0) is 11.0. The summed E-state index contributed by atoms with van der Waals surface area (Å²) in [5.74, 6) is 1.78. The molecule has 84 valence electrons. The number of anilines is 1. The molecule has 0 amide bonds. The molecule has 0 bridgehead atoms. The summed E-state index contributed by atoms with van der Waals surface area (Å²) in [7, 11) is 0. The highest BCUT2D eigenvalue weighted by atomic mass is 32.1. The van der Waals surface area contributed by atoms with E-state index in [0.717, 1.165) is 16.9 Å². The molecule has 2 aromatic rings. The maximum atomic E-state index is 4.46. The van der Waals surface area contributed by atoms with Gasteiger partial charge in [0.1, 0.15) is 5.82 Å². The maximum Gasteiger partial charge on any atom is 0.210 e. The smallest absolute Gasteiger partial charge is 0.210 e. The van der Waals surface area contributed by atoms with Gasteiger partial charge in [0.2, 0.25) is 5.13 Å². The third kappa shape index (κ3) is 1.95. The second kappa shape index (κ2) is 3.90. The van der Waals surface area contributed by atoms with Crippen LogP contribution in [0.15, 0.2) is 23.8 Å². The molecule has 0 aromatic carbocycles. The fourth-order valence-electron chi connectivity index (χ4n) is 1.78. The van der Waals surface area contributed by atoms with Gasteiger partial charge >= 0.3 is 0 Å². The summed E-state index contributed by atoms with van der Waals surface area (Å²) in [5, 5.41) is 10.8. The van der Waals surface area contributed by atoms with Crippen molar-refractivity contribution in [3.05, 3.63) is 23.8 Å². The van der Waals surface area contributed by atoms with Crippen LogP contribution < -0.4 is 5.32 Å². The normalized spacial score (nSPS) is 17.3. The first-order valence-corrected chi connectivity index (χ1v) is 6.43. The summed E-state index contributed by atoms with van der Waals surface area (Å²) >= 11 is 1.59. The molecule has 1 atom stereocenters. The van der Waals surface area contributed by atoms with E-state index in [-0.39, 0.29) is 0 Å². The van der Waals surface area contributed by atoms with Crippen LogP contribution in [0.3, 0.4) is 0 Å². The second-order valence-corrected chi connectivity index (χ2v) is 5.10. The van der Waals surface area contributed by atoms with E-state index in [0.29, 0.717) is 6.04 Å². The van der Waals surface area contributed by atoms with Gasteiger partial charge in [-0.2, -0.15) is 0 Å². The standard InChI is InChI=1S/C11H14N4S/c1-8(9-2-3-9)13-10-4-6-15(14-10)11-12-5-7-16-11/h4-9H,2-3H2,1H3,(H,13,14). The average Bonchev–Trinajstić information content (AvgIpc) is 2.80. The van der Waals surface area contributed by atoms with E-state index >= 15 is 0 Å². The molecule has 1 aliphatic rings. The fraction of sp³-hybridized carbons (Fsp3) is 0.455. The highest BCUT2D eigenvalue weighted by Gasteiger charge is 2.28. The molecule has 1 unspecified atom stereocenters. The molecular weight excluding hydrogens is 220 g/mol. The quantitative estimate of drug-likeness (QED) is 0.884. The SMILES string of the molecule is CC(Nc1ccn(-c2nccs2)n1)C1CC1. The van der Waals surface area contributed by atoms with Crippen LogP contribution in [-0.4, -0.2) is 20.8 Å². The minimum atomic E-state index is 0.527. The van der Waals surface area contributed by atoms with E-state index in [4.69, 9.17) is 0 Å². The average molecular weight is 234 g/mol. The van der Waals surface area contributed by atoms with Crippen molar-refractivity contribution < 1.29 is 0 Å². The van der Waals surface area contributed by atoms with Crippen molar-refractivity contribution in [2.24, 2.45) is 5.92 Å². The second-order valence-electron chi connectivity index (χ2n) is 4.23. The van der Waals surface area contributed by atoms with Crippen LogP contribution in [0.5, 0.6) is 0 Å². The third-order valence-electron chi connectivity index (χ3n) is 2.91. The van der Waals surface area contributed by atoms with Crippen molar-refractivity contribution >= 4 is 17.2 Å². The van der Waals surface area contributed by atoms with Crippen molar-refractivity contribution in [3.63, 3.8) is 0 Å². The summed E-state index contributed by atoms with van der Waals surface area (Å²) in [6.45, 7) is 2.22. The molecule has 1 aliphatic carbocycles. The van der Waals surface area contributed by atoms with Gasteiger partial charge in [0.05, 0.1) is 0 Å². The van der Waals surface area contributed by atoms with Gasteiger partial charge < -0.3 is 5.32 Å². The Bertz CT molecular complexity index is 458. The fourth-order valence-corrected chi connectivity index (χ4v) is 2.36. The zero-order valence-corrected chi connectivity index (χ0v) is 9.94. The van der Waals surface area contributed by atoms with Gasteiger partial charge in [-0.1, -0.05) is 0 Å². The molecule has 3 rings (SSSR count). The van der Waals surface area contributed by atoms with Gasteiger partial charge in [0.15, 0.2) is 0 Å². The Morgan fingerprint density at radius 2 is 2.44 bits per heavy atom. The summed E-state index contributed by atoms with van der Waals surface area (Å²) in [5.41, 5.74) is 0. The number of nitrogens with one attached hydrogen (secondary N) is 1. The number of rotatable bonds is 4. The molecule has 0 spiro atoms. The lowest BCUT2D eigenvalue weighted by atomic mass is 10.2. The Morgan fingerprint density at radius 3 is 3.12 bits per heavy atom. The number of hydrogen-bond donors (Lipinski definition) is 1. The molecule has 5 heteroatoms. The Kier molecular flexibility index (Phi) is 2.40. The largest absolute Gasteiger partial charge is 0.366 e. The predicted octanol–water partition coefficient (Wildman–Crippen LogP) is 2.54. The molecule has 0 radical (unpaired) electrons. The number of thiazole rings is 1. The zero-order valence-electron chi connectivity index (χ0n) is 9.13. The summed E-state index contributed by atoms with van der Waals surface area (Å²) in [6.07, 6.45) is 6.44. The molecule has 2 heterocycles. The minimum absolute atomic E-state index is 0.527. The van der Waals surface area contributed by atoms with Crippen molar-refractivity contribution in [2.75, 3.05) is 5.32 Å². The van der Waals surface area contributed by atoms with Gasteiger partial charge in [-0.3, -0.25) is 0 Å². The monoisotopic (exact) mass is 234 g/mol. The molecule has 0 saturated heterocycles. The van der Waals surface area contributed by atoms with E-state index in [1.165, 1.54) is 12.8 Å². The number of hydrogen-bond acceptors (Lipinski definition) is 4.